The number of hydrogen-bond donors (Lipinski definition) is 2. The molecule has 0 saturated carbocycles. The van der Waals surface area contributed by atoms with Crippen molar-refractivity contribution in [3.63, 3.8) is 0 Å². The summed E-state index contributed by atoms with van der Waals surface area (Å²) in [5, 5.41) is 11.6. The maximum Gasteiger partial charge on any atom is 0.317 e. The van der Waals surface area contributed by atoms with Crippen LogP contribution in [0.25, 0.3) is 0 Å². The molecule has 0 radical (unpaired) electrons. The van der Waals surface area contributed by atoms with Crippen LogP contribution in [0.3, 0.4) is 0 Å². The van der Waals surface area contributed by atoms with Gasteiger partial charge in [-0.05, 0) is 18.3 Å². The highest BCUT2D eigenvalue weighted by Crippen LogP contribution is 2.06. The van der Waals surface area contributed by atoms with Crippen molar-refractivity contribution >= 4 is 12.0 Å². The highest BCUT2D eigenvalue weighted by atomic mass is 16.4. The first-order valence-corrected chi connectivity index (χ1v) is 7.03. The van der Waals surface area contributed by atoms with E-state index in [1.165, 1.54) is 0 Å². The first-order valence-electron chi connectivity index (χ1n) is 7.03. The molecule has 1 unspecified atom stereocenters. The quantitative estimate of drug-likeness (QED) is 0.713. The van der Waals surface area contributed by atoms with E-state index in [2.05, 4.69) is 33.0 Å². The summed E-state index contributed by atoms with van der Waals surface area (Å²) >= 11 is 0. The molecule has 0 saturated heterocycles. The van der Waals surface area contributed by atoms with Gasteiger partial charge in [0, 0.05) is 19.1 Å². The number of rotatable bonds is 8. The Morgan fingerprint density at radius 3 is 1.89 bits per heavy atom. The van der Waals surface area contributed by atoms with Gasteiger partial charge in [0.25, 0.3) is 0 Å². The Hall–Kier alpha value is -1.26. The molecule has 112 valence electrons. The molecule has 0 aliphatic rings. The molecule has 0 bridgehead atoms. The number of aliphatic carboxylic acids is 1. The van der Waals surface area contributed by atoms with Crippen molar-refractivity contribution in [3.8, 4) is 0 Å². The third-order valence-corrected chi connectivity index (χ3v) is 2.70. The minimum atomic E-state index is -0.883. The number of carboxylic acid groups (broad SMARTS) is 1. The first-order chi connectivity index (χ1) is 8.76. The average Bonchev–Trinajstić information content (AvgIpc) is 2.25. The monoisotopic (exact) mass is 272 g/mol. The van der Waals surface area contributed by atoms with Crippen molar-refractivity contribution < 1.29 is 14.7 Å². The number of urea groups is 1. The van der Waals surface area contributed by atoms with Gasteiger partial charge in [0.15, 0.2) is 0 Å². The third kappa shape index (κ3) is 8.46. The molecule has 2 amide bonds. The number of carbonyl (C=O) groups is 2. The number of nitrogens with zero attached hydrogens (tertiary/aromatic N) is 1. The summed E-state index contributed by atoms with van der Waals surface area (Å²) in [6.07, 6.45) is 0.592. The summed E-state index contributed by atoms with van der Waals surface area (Å²) in [7, 11) is 0. The summed E-state index contributed by atoms with van der Waals surface area (Å²) in [5.41, 5.74) is 0. The molecule has 2 N–H and O–H groups in total. The van der Waals surface area contributed by atoms with Gasteiger partial charge in [0.1, 0.15) is 0 Å². The van der Waals surface area contributed by atoms with Crippen LogP contribution in [-0.4, -0.2) is 41.1 Å². The zero-order valence-corrected chi connectivity index (χ0v) is 12.8. The summed E-state index contributed by atoms with van der Waals surface area (Å²) in [4.78, 5) is 24.7. The molecule has 0 heterocycles. The minimum absolute atomic E-state index is 0.0283. The van der Waals surface area contributed by atoms with Crippen LogP contribution in [0, 0.1) is 11.8 Å². The molecule has 0 spiro atoms. The minimum Gasteiger partial charge on any atom is -0.481 e. The van der Waals surface area contributed by atoms with Gasteiger partial charge < -0.3 is 15.3 Å². The Morgan fingerprint density at radius 1 is 1.11 bits per heavy atom. The first kappa shape index (κ1) is 17.7. The van der Waals surface area contributed by atoms with Gasteiger partial charge in [-0.1, -0.05) is 34.6 Å². The van der Waals surface area contributed by atoms with Crippen LogP contribution in [0.5, 0.6) is 0 Å². The normalized spacial score (nSPS) is 12.6. The maximum absolute atomic E-state index is 12.2. The average molecular weight is 272 g/mol. The van der Waals surface area contributed by atoms with E-state index in [9.17, 15) is 9.59 Å². The largest absolute Gasteiger partial charge is 0.481 e. The summed E-state index contributed by atoms with van der Waals surface area (Å²) < 4.78 is 0. The summed E-state index contributed by atoms with van der Waals surface area (Å²) in [6.45, 7) is 11.5. The molecular formula is C14H28N2O3. The SMILES string of the molecule is CCC(CC(=O)O)NC(=O)N(CC(C)C)CC(C)C. The number of amides is 2. The molecule has 0 fully saturated rings. The van der Waals surface area contributed by atoms with Gasteiger partial charge in [0.2, 0.25) is 0 Å². The molecule has 19 heavy (non-hydrogen) atoms. The summed E-state index contributed by atoms with van der Waals surface area (Å²) in [6, 6.07) is -0.456. The highest BCUT2D eigenvalue weighted by Gasteiger charge is 2.20. The van der Waals surface area contributed by atoms with Crippen molar-refractivity contribution in [1.29, 1.82) is 0 Å². The molecule has 0 aliphatic carbocycles. The number of carboxylic acids is 1. The van der Waals surface area contributed by atoms with Crippen LogP contribution < -0.4 is 5.32 Å². The van der Waals surface area contributed by atoms with Gasteiger partial charge in [-0.25, -0.2) is 4.79 Å². The maximum atomic E-state index is 12.2. The van der Waals surface area contributed by atoms with Crippen LogP contribution in [0.2, 0.25) is 0 Å². The zero-order valence-electron chi connectivity index (χ0n) is 12.8. The predicted molar refractivity (Wildman–Crippen MR) is 76.1 cm³/mol. The lowest BCUT2D eigenvalue weighted by Gasteiger charge is -2.28. The van der Waals surface area contributed by atoms with E-state index in [4.69, 9.17) is 5.11 Å². The van der Waals surface area contributed by atoms with E-state index in [0.717, 1.165) is 0 Å². The molecule has 0 aromatic carbocycles. The second-order valence-electron chi connectivity index (χ2n) is 5.85. The van der Waals surface area contributed by atoms with Gasteiger partial charge in [-0.3, -0.25) is 4.79 Å². The lowest BCUT2D eigenvalue weighted by molar-refractivity contribution is -0.137. The Bertz CT molecular complexity index is 280. The van der Waals surface area contributed by atoms with Crippen LogP contribution in [0.4, 0.5) is 4.79 Å². The van der Waals surface area contributed by atoms with Crippen molar-refractivity contribution in [2.45, 2.75) is 53.5 Å². The molecule has 0 aliphatic heterocycles. The van der Waals surface area contributed by atoms with Crippen molar-refractivity contribution in [1.82, 2.24) is 10.2 Å². The molecular weight excluding hydrogens is 244 g/mol. The van der Waals surface area contributed by atoms with Crippen LogP contribution in [0.1, 0.15) is 47.5 Å². The second-order valence-corrected chi connectivity index (χ2v) is 5.85. The second kappa shape index (κ2) is 8.77. The number of hydrogen-bond acceptors (Lipinski definition) is 2. The number of carbonyl (C=O) groups excluding carboxylic acids is 1. The van der Waals surface area contributed by atoms with E-state index < -0.39 is 5.97 Å². The number of nitrogens with one attached hydrogen (secondary N) is 1. The zero-order chi connectivity index (χ0) is 15.0. The van der Waals surface area contributed by atoms with E-state index >= 15 is 0 Å². The Labute approximate surface area is 116 Å². The summed E-state index contributed by atoms with van der Waals surface area (Å²) in [5.74, 6) is -0.0977. The smallest absolute Gasteiger partial charge is 0.317 e. The van der Waals surface area contributed by atoms with Crippen molar-refractivity contribution in [3.05, 3.63) is 0 Å². The van der Waals surface area contributed by atoms with Gasteiger partial charge >= 0.3 is 12.0 Å². The van der Waals surface area contributed by atoms with E-state index in [1.807, 2.05) is 6.92 Å². The van der Waals surface area contributed by atoms with Crippen LogP contribution in [-0.2, 0) is 4.79 Å². The predicted octanol–water partition coefficient (Wildman–Crippen LogP) is 2.56. The molecule has 5 heteroatoms. The third-order valence-electron chi connectivity index (χ3n) is 2.70. The van der Waals surface area contributed by atoms with Gasteiger partial charge in [-0.2, -0.15) is 0 Å². The fraction of sp³-hybridized carbons (Fsp3) is 0.857. The van der Waals surface area contributed by atoms with Crippen molar-refractivity contribution in [2.75, 3.05) is 13.1 Å². The fourth-order valence-electron chi connectivity index (χ4n) is 1.90. The molecule has 1 atom stereocenters. The fourth-order valence-corrected chi connectivity index (χ4v) is 1.90. The Kier molecular flexibility index (Phi) is 8.19. The van der Waals surface area contributed by atoms with Gasteiger partial charge in [0.05, 0.1) is 6.42 Å². The molecule has 0 aromatic rings. The standard InChI is InChI=1S/C14H28N2O3/c1-6-12(7-13(17)18)15-14(19)16(8-10(2)3)9-11(4)5/h10-12H,6-9H2,1-5H3,(H,15,19)(H,17,18). The topological polar surface area (TPSA) is 69.6 Å². The molecule has 0 aromatic heterocycles. The molecule has 5 nitrogen and oxygen atoms in total. The van der Waals surface area contributed by atoms with Gasteiger partial charge in [-0.15, -0.1) is 0 Å². The van der Waals surface area contributed by atoms with Crippen LogP contribution >= 0.6 is 0 Å². The van der Waals surface area contributed by atoms with E-state index in [-0.39, 0.29) is 18.5 Å². The Balaban J connectivity index is 4.55. The van der Waals surface area contributed by atoms with Crippen LogP contribution in [0.15, 0.2) is 0 Å². The lowest BCUT2D eigenvalue weighted by Crippen LogP contribution is -2.47. The van der Waals surface area contributed by atoms with Crippen molar-refractivity contribution in [2.24, 2.45) is 11.8 Å². The lowest BCUT2D eigenvalue weighted by atomic mass is 10.1. The Morgan fingerprint density at radius 2 is 1.58 bits per heavy atom. The highest BCUT2D eigenvalue weighted by molar-refractivity contribution is 5.76. The van der Waals surface area contributed by atoms with E-state index in [1.54, 1.807) is 4.90 Å². The van der Waals surface area contributed by atoms with E-state index in [0.29, 0.717) is 31.3 Å². The molecule has 0 rings (SSSR count).